The number of nitrogens with one attached hydrogen (secondary N) is 10. The van der Waals surface area contributed by atoms with Crippen LogP contribution in [0.15, 0.2) is 11.8 Å². The predicted molar refractivity (Wildman–Crippen MR) is 317 cm³/mol. The van der Waals surface area contributed by atoms with Gasteiger partial charge in [-0.2, -0.15) is 0 Å². The van der Waals surface area contributed by atoms with Crippen LogP contribution in [-0.4, -0.2) is 225 Å². The monoisotopic (exact) mass is 1320 g/mol. The molecule has 1 aliphatic heterocycles. The number of cyclic esters (lactones) is 1. The van der Waals surface area contributed by atoms with Gasteiger partial charge in [-0.05, 0) is 65.5 Å². The zero-order chi connectivity index (χ0) is 68.8. The van der Waals surface area contributed by atoms with Crippen LogP contribution in [0.4, 0.5) is 4.79 Å². The molecule has 1 saturated heterocycles. The van der Waals surface area contributed by atoms with Gasteiger partial charge < -0.3 is 109 Å². The van der Waals surface area contributed by atoms with Crippen LogP contribution in [0.3, 0.4) is 0 Å². The molecule has 1 rings (SSSR count). The molecule has 0 radical (unpaired) electrons. The van der Waals surface area contributed by atoms with Crippen molar-refractivity contribution in [3.8, 4) is 0 Å². The smallest absolute Gasteiger partial charge is 0.410 e. The fourth-order valence-electron chi connectivity index (χ4n) is 8.60. The van der Waals surface area contributed by atoms with E-state index in [1.807, 2.05) is 5.32 Å². The number of aliphatic hydroxyl groups excluding tert-OH is 4. The number of hydrogen-bond acceptors (Lipinski definition) is 23. The summed E-state index contributed by atoms with van der Waals surface area (Å²) in [6, 6.07) is -16.8. The number of rotatable bonds is 31. The van der Waals surface area contributed by atoms with Crippen molar-refractivity contribution in [3.63, 3.8) is 0 Å². The Kier molecular flexibility index (Phi) is 39.8. The highest BCUT2D eigenvalue weighted by atomic mass is 35.5. The van der Waals surface area contributed by atoms with E-state index in [1.165, 1.54) is 6.92 Å². The molecule has 10 amide bonds. The maximum absolute atomic E-state index is 14.4. The fourth-order valence-corrected chi connectivity index (χ4v) is 8.77. The van der Waals surface area contributed by atoms with Crippen LogP contribution in [0.1, 0.15) is 137 Å². The summed E-state index contributed by atoms with van der Waals surface area (Å²) in [5.41, 5.74) is 10.6. The van der Waals surface area contributed by atoms with Crippen LogP contribution in [0.5, 0.6) is 0 Å². The van der Waals surface area contributed by atoms with E-state index < -0.39 is 226 Å². The molecular weight excluding hydrogens is 1230 g/mol. The molecule has 1 fully saturated rings. The SMILES string of the molecule is C/C=C1/NC(=O)C([C@H](C)O)NC(=O)[C@H](CCN)NC(=O)C([C@H](O)C(=O)O)NC(=O)C(CCCCN)NC(=O)[C@H](CC(=O)O)NC(=O)C(CCNC(=O)OCOC(C)=O)NC(=O)C(NC(=O)C[C@H](O)CCCCCCCCCCC)COC(=O)C([C@H](O)CCl)NC1=O. The molecule has 0 aliphatic carbocycles. The van der Waals surface area contributed by atoms with E-state index in [9.17, 15) is 97.8 Å². The molecule has 0 saturated carbocycles. The van der Waals surface area contributed by atoms with E-state index in [0.717, 1.165) is 71.3 Å². The molecule has 0 aromatic heterocycles. The van der Waals surface area contributed by atoms with Crippen molar-refractivity contribution in [2.24, 2.45) is 11.5 Å². The van der Waals surface area contributed by atoms with Gasteiger partial charge in [-0.3, -0.25) is 52.7 Å². The number of amides is 10. The number of aliphatic carboxylic acids is 2. The van der Waals surface area contributed by atoms with Crippen LogP contribution >= 0.6 is 11.6 Å². The lowest BCUT2D eigenvalue weighted by atomic mass is 10.0. The molecular formula is C55H91ClN12O23. The number of ether oxygens (including phenoxy) is 3. The first-order valence-electron chi connectivity index (χ1n) is 29.8. The molecule has 516 valence electrons. The third-order valence-electron chi connectivity index (χ3n) is 13.7. The summed E-state index contributed by atoms with van der Waals surface area (Å²) >= 11 is 5.92. The Labute approximate surface area is 530 Å². The number of halogens is 1. The largest absolute Gasteiger partial charge is 0.481 e. The number of hydrogen-bond donors (Lipinski definition) is 18. The summed E-state index contributed by atoms with van der Waals surface area (Å²) in [6.45, 7) is 2.21. The second-order valence-electron chi connectivity index (χ2n) is 21.2. The first-order chi connectivity index (χ1) is 43.0. The van der Waals surface area contributed by atoms with Crippen LogP contribution in [0, 0.1) is 0 Å². The van der Waals surface area contributed by atoms with Crippen molar-refractivity contribution in [1.82, 2.24) is 53.2 Å². The maximum Gasteiger partial charge on any atom is 0.410 e. The van der Waals surface area contributed by atoms with Gasteiger partial charge in [0, 0.05) is 13.5 Å². The molecule has 0 aromatic carbocycles. The number of unbranched alkanes of at least 4 members (excludes halogenated alkanes) is 9. The summed E-state index contributed by atoms with van der Waals surface area (Å²) in [6.07, 6.45) is -2.96. The highest BCUT2D eigenvalue weighted by molar-refractivity contribution is 6.18. The van der Waals surface area contributed by atoms with Crippen molar-refractivity contribution < 1.29 is 112 Å². The Hall–Kier alpha value is -7.83. The van der Waals surface area contributed by atoms with E-state index in [2.05, 4.69) is 59.5 Å². The van der Waals surface area contributed by atoms with Crippen molar-refractivity contribution in [2.45, 2.75) is 210 Å². The van der Waals surface area contributed by atoms with Gasteiger partial charge in [0.2, 0.25) is 54.1 Å². The Bertz CT molecular complexity index is 2480. The lowest BCUT2D eigenvalue weighted by Gasteiger charge is -2.29. The Morgan fingerprint density at radius 2 is 1.21 bits per heavy atom. The van der Waals surface area contributed by atoms with Gasteiger partial charge in [0.05, 0.1) is 37.0 Å². The number of aliphatic hydroxyl groups is 4. The molecule has 6 unspecified atom stereocenters. The van der Waals surface area contributed by atoms with E-state index >= 15 is 0 Å². The normalized spacial score (nSPS) is 23.2. The first kappa shape index (κ1) is 81.2. The number of carbonyl (C=O) groups is 14. The third-order valence-corrected chi connectivity index (χ3v) is 14.0. The van der Waals surface area contributed by atoms with Crippen LogP contribution in [0.2, 0.25) is 0 Å². The molecule has 0 spiro atoms. The molecule has 0 bridgehead atoms. The Morgan fingerprint density at radius 3 is 1.77 bits per heavy atom. The van der Waals surface area contributed by atoms with Crippen molar-refractivity contribution >= 4 is 94.7 Å². The Balaban J connectivity index is 4.18. The number of carbonyl (C=O) groups excluding carboxylic acids is 12. The summed E-state index contributed by atoms with van der Waals surface area (Å²) in [4.78, 5) is 188. The standard InChI is InChI=1S/C55H91ClN12O23/c1-5-7-8-9-10-11-12-13-14-17-31(71)24-39(73)60-37-27-89-54(87)42(38(72)26-56)67-45(77)32(6-2)61-51(83)41(29(3)69)66-48(80)34(19-22-58)64-52(84)43(44(76)53(85)86)68-47(79)33(18-15-16-21-57)62-49(81)36(25-40(74)75)65-46(78)35(63-50(37)82)20-23-59-55(88)91-28-90-30(4)70/h6,29,31,33-38,41-44,69,71-72,76H,5,7-28,57-58H2,1-4H3,(H,59,88)(H,60,73)(H,61,83)(H,62,81)(H,63,82)(H,64,84)(H,65,78)(H,66,80)(H,67,77)(H,68,79)(H,74,75)(H,85,86)/b32-6+/t29-,31+,33?,34-,35?,36-,37?,38+,41?,42?,43?,44-/m0/s1. The number of esters is 2. The fraction of sp³-hybridized carbons (Fsp3) is 0.709. The van der Waals surface area contributed by atoms with Gasteiger partial charge in [0.15, 0.2) is 12.1 Å². The van der Waals surface area contributed by atoms with Gasteiger partial charge in [-0.25, -0.2) is 14.4 Å². The molecule has 35 nitrogen and oxygen atoms in total. The summed E-state index contributed by atoms with van der Waals surface area (Å²) in [5, 5.41) is 84.6. The van der Waals surface area contributed by atoms with Gasteiger partial charge in [0.25, 0.3) is 5.91 Å². The van der Waals surface area contributed by atoms with E-state index in [-0.39, 0.29) is 25.8 Å². The third kappa shape index (κ3) is 32.1. The summed E-state index contributed by atoms with van der Waals surface area (Å²) in [7, 11) is 0. The molecule has 36 heteroatoms. The molecule has 1 aliphatic rings. The highest BCUT2D eigenvalue weighted by Gasteiger charge is 2.40. The molecule has 20 N–H and O–H groups in total. The molecule has 12 atom stereocenters. The van der Waals surface area contributed by atoms with Crippen molar-refractivity contribution in [1.29, 1.82) is 0 Å². The second-order valence-corrected chi connectivity index (χ2v) is 21.5. The lowest BCUT2D eigenvalue weighted by Crippen LogP contribution is -2.63. The minimum atomic E-state index is -2.81. The second kappa shape index (κ2) is 44.6. The average Bonchev–Trinajstić information content (AvgIpc) is 1.83. The number of alkyl carbamates (subject to hydrolysis) is 1. The van der Waals surface area contributed by atoms with Gasteiger partial charge >= 0.3 is 30.0 Å². The van der Waals surface area contributed by atoms with Gasteiger partial charge in [-0.1, -0.05) is 70.8 Å². The van der Waals surface area contributed by atoms with Gasteiger partial charge in [-0.15, -0.1) is 11.6 Å². The molecule has 0 aromatic rings. The zero-order valence-electron chi connectivity index (χ0n) is 51.4. The highest BCUT2D eigenvalue weighted by Crippen LogP contribution is 2.14. The first-order valence-corrected chi connectivity index (χ1v) is 30.3. The minimum absolute atomic E-state index is 0.00852. The number of nitrogens with two attached hydrogens (primary N) is 2. The Morgan fingerprint density at radius 1 is 0.659 bits per heavy atom. The van der Waals surface area contributed by atoms with Crippen molar-refractivity contribution in [3.05, 3.63) is 11.8 Å². The topological polar surface area (TPSA) is 560 Å². The van der Waals surface area contributed by atoms with Gasteiger partial charge in [0.1, 0.15) is 54.6 Å². The number of alkyl halides is 1. The number of carboxylic acid groups (broad SMARTS) is 2. The number of allylic oxidation sites excluding steroid dienone is 1. The van der Waals surface area contributed by atoms with E-state index in [0.29, 0.717) is 6.42 Å². The van der Waals surface area contributed by atoms with Crippen molar-refractivity contribution in [2.75, 3.05) is 38.9 Å². The molecule has 91 heavy (non-hydrogen) atoms. The predicted octanol–water partition coefficient (Wildman–Crippen LogP) is -4.87. The summed E-state index contributed by atoms with van der Waals surface area (Å²) < 4.78 is 14.6. The van der Waals surface area contributed by atoms with Crippen LogP contribution in [0.25, 0.3) is 0 Å². The number of carboxylic acids is 2. The van der Waals surface area contributed by atoms with Crippen LogP contribution in [-0.2, 0) is 76.5 Å². The quantitative estimate of drug-likeness (QED) is 0.0102. The summed E-state index contributed by atoms with van der Waals surface area (Å²) in [5.74, 6) is -19.4. The maximum atomic E-state index is 14.4. The minimum Gasteiger partial charge on any atom is -0.481 e. The molecule has 1 heterocycles. The zero-order valence-corrected chi connectivity index (χ0v) is 52.2. The van der Waals surface area contributed by atoms with Crippen LogP contribution < -0.4 is 64.6 Å². The van der Waals surface area contributed by atoms with E-state index in [4.69, 9.17) is 32.5 Å². The lowest BCUT2D eigenvalue weighted by molar-refractivity contribution is -0.153. The average molecular weight is 1320 g/mol. The van der Waals surface area contributed by atoms with E-state index in [1.54, 1.807) is 0 Å².